The molecule has 182 valence electrons. The van der Waals surface area contributed by atoms with Crippen LogP contribution in [0.25, 0.3) is 11.1 Å². The van der Waals surface area contributed by atoms with Gasteiger partial charge in [0.15, 0.2) is 0 Å². The van der Waals surface area contributed by atoms with E-state index in [1.54, 1.807) is 23.3 Å². The summed E-state index contributed by atoms with van der Waals surface area (Å²) < 4.78 is 0. The molecular weight excluding hydrogens is 528 g/mol. The Morgan fingerprint density at radius 3 is 1.72 bits per heavy atom. The van der Waals surface area contributed by atoms with E-state index in [9.17, 15) is 0 Å². The molecule has 36 heavy (non-hydrogen) atoms. The summed E-state index contributed by atoms with van der Waals surface area (Å²) in [5, 5.41) is 0. The third kappa shape index (κ3) is 10.6. The Bertz CT molecular complexity index is 1140. The molecule has 0 amide bonds. The van der Waals surface area contributed by atoms with Gasteiger partial charge in [-0.05, 0) is 18.9 Å². The average Bonchev–Trinajstić information content (AvgIpc) is 3.58. The van der Waals surface area contributed by atoms with Gasteiger partial charge in [0.2, 0.25) is 0 Å². The quantitative estimate of drug-likeness (QED) is 0.135. The van der Waals surface area contributed by atoms with Gasteiger partial charge in [0.25, 0.3) is 0 Å². The van der Waals surface area contributed by atoms with Gasteiger partial charge in [-0.15, -0.1) is 17.5 Å². The summed E-state index contributed by atoms with van der Waals surface area (Å²) in [6.45, 7) is 10.3. The summed E-state index contributed by atoms with van der Waals surface area (Å²) in [7, 11) is 0. The molecule has 4 aromatic rings. The fraction of sp³-hybridized carbons (Fsp3) is 0.176. The molecular formula is C34H34SiZr-4. The van der Waals surface area contributed by atoms with Gasteiger partial charge < -0.3 is 0 Å². The average molecular weight is 562 g/mol. The van der Waals surface area contributed by atoms with E-state index in [-0.39, 0.29) is 0 Å². The molecule has 0 nitrogen and oxygen atoms in total. The number of fused-ring (bicyclic) bond motifs is 3. The van der Waals surface area contributed by atoms with E-state index >= 15 is 0 Å². The van der Waals surface area contributed by atoms with Crippen molar-refractivity contribution >= 4 is 6.88 Å². The van der Waals surface area contributed by atoms with E-state index in [0.717, 1.165) is 12.8 Å². The Hall–Kier alpha value is -2.54. The maximum atomic E-state index is 3.45. The molecule has 0 unspecified atom stereocenters. The van der Waals surface area contributed by atoms with Gasteiger partial charge in [-0.1, -0.05) is 50.1 Å². The number of allylic oxidation sites excluding steroid dienone is 4. The van der Waals surface area contributed by atoms with Crippen molar-refractivity contribution in [2.75, 3.05) is 0 Å². The monoisotopic (exact) mass is 560 g/mol. The van der Waals surface area contributed by atoms with Crippen molar-refractivity contribution in [1.29, 1.82) is 0 Å². The van der Waals surface area contributed by atoms with E-state index in [1.807, 2.05) is 67.6 Å². The van der Waals surface area contributed by atoms with Crippen molar-refractivity contribution in [2.45, 2.75) is 40.5 Å². The van der Waals surface area contributed by atoms with E-state index in [2.05, 4.69) is 88.4 Å². The summed E-state index contributed by atoms with van der Waals surface area (Å²) in [4.78, 5) is 0. The second-order valence-electron chi connectivity index (χ2n) is 8.53. The van der Waals surface area contributed by atoms with Crippen molar-refractivity contribution in [3.63, 3.8) is 0 Å². The number of rotatable bonds is 0. The Kier molecular flexibility index (Phi) is 14.0. The molecule has 2 heteroatoms. The van der Waals surface area contributed by atoms with E-state index < -0.39 is 0 Å². The predicted octanol–water partition coefficient (Wildman–Crippen LogP) is 7.65. The first kappa shape index (κ1) is 29.7. The Morgan fingerprint density at radius 2 is 1.28 bits per heavy atom. The summed E-state index contributed by atoms with van der Waals surface area (Å²) >= 11 is 1.58. The first-order chi connectivity index (χ1) is 17.5. The van der Waals surface area contributed by atoms with Crippen LogP contribution in [0, 0.1) is 52.0 Å². The zero-order valence-corrected chi connectivity index (χ0v) is 25.7. The van der Waals surface area contributed by atoms with Gasteiger partial charge in [-0.2, -0.15) is 102 Å². The van der Waals surface area contributed by atoms with Crippen molar-refractivity contribution in [2.24, 2.45) is 0 Å². The van der Waals surface area contributed by atoms with Crippen LogP contribution in [0.3, 0.4) is 0 Å². The first-order valence-corrected chi connectivity index (χ1v) is 18.0. The van der Waals surface area contributed by atoms with Crippen LogP contribution in [0.15, 0.2) is 97.1 Å². The molecule has 0 heterocycles. The minimum absolute atomic E-state index is 1.01. The molecule has 0 atom stereocenters. The molecule has 0 fully saturated rings. The second-order valence-corrected chi connectivity index (χ2v) is 8.53. The van der Waals surface area contributed by atoms with Gasteiger partial charge in [-0.3, -0.25) is 6.08 Å². The van der Waals surface area contributed by atoms with Crippen LogP contribution >= 0.6 is 0 Å². The fourth-order valence-electron chi connectivity index (χ4n) is 3.65. The van der Waals surface area contributed by atoms with Gasteiger partial charge in [0.05, 0.1) is 0 Å². The Balaban J connectivity index is 0.000000183. The molecule has 0 spiro atoms. The van der Waals surface area contributed by atoms with E-state index in [4.69, 9.17) is 0 Å². The number of aryl methyl sites for hydroxylation is 4. The molecule has 0 aliphatic heterocycles. The normalized spacial score (nSPS) is 11.1. The zero-order chi connectivity index (χ0) is 26.2. The Labute approximate surface area is 235 Å². The van der Waals surface area contributed by atoms with Crippen molar-refractivity contribution < 1.29 is 23.3 Å². The standard InChI is InChI=1S/C15H13.2C7H7.C5H5.H2Si.Zr/c1-10-3-5-14-12(7-10)9-13-8-11(2)4-6-15(13)14;2*1-7-5-3-2-4-6-7;1-2-4-5-3-1;;/h3-7H,9H2,1-2H3;2*3-6H,1H3;1-3H,4H2;1H2;/q4*-1;;. The van der Waals surface area contributed by atoms with Crippen molar-refractivity contribution in [3.8, 4) is 11.1 Å². The summed E-state index contributed by atoms with van der Waals surface area (Å²) in [5.41, 5.74) is 10.7. The third-order valence-corrected chi connectivity index (χ3v) is 5.45. The number of benzene rings is 4. The molecule has 4 aromatic carbocycles. The summed E-state index contributed by atoms with van der Waals surface area (Å²) in [6.07, 6.45) is 11.0. The molecule has 2 aliphatic rings. The molecule has 0 bridgehead atoms. The third-order valence-electron chi connectivity index (χ3n) is 5.45. The first-order valence-electron chi connectivity index (χ1n) is 12.1. The molecule has 0 N–H and O–H groups in total. The van der Waals surface area contributed by atoms with Gasteiger partial charge in [0, 0.05) is 0 Å². The SMILES string of the molecule is Cc1[c-]c2c(cc1)-c1ccc(C)cc1C2.Cc1cc[c-]cc1.Cc1cc[c-]cc1.[C-]1=CC=CC1.[SiH2]=[Zr]. The molecule has 2 aliphatic carbocycles. The van der Waals surface area contributed by atoms with Crippen LogP contribution in [-0.4, -0.2) is 6.88 Å². The van der Waals surface area contributed by atoms with Gasteiger partial charge >= 0.3 is 30.2 Å². The molecule has 0 radical (unpaired) electrons. The summed E-state index contributed by atoms with van der Waals surface area (Å²) in [6, 6.07) is 36.2. The molecule has 0 saturated carbocycles. The number of hydrogen-bond donors (Lipinski definition) is 0. The second kappa shape index (κ2) is 17.0. The van der Waals surface area contributed by atoms with Gasteiger partial charge in [-0.25, -0.2) is 12.2 Å². The van der Waals surface area contributed by atoms with Crippen LogP contribution in [-0.2, 0) is 29.8 Å². The van der Waals surface area contributed by atoms with E-state index in [0.29, 0.717) is 0 Å². The van der Waals surface area contributed by atoms with Gasteiger partial charge in [0.1, 0.15) is 0 Å². The van der Waals surface area contributed by atoms with Crippen LogP contribution in [0.4, 0.5) is 0 Å². The molecule has 0 saturated heterocycles. The topological polar surface area (TPSA) is 0 Å². The van der Waals surface area contributed by atoms with Crippen LogP contribution in [0.5, 0.6) is 0 Å². The van der Waals surface area contributed by atoms with Crippen LogP contribution < -0.4 is 0 Å². The van der Waals surface area contributed by atoms with Crippen LogP contribution in [0.2, 0.25) is 0 Å². The maximum absolute atomic E-state index is 3.45. The minimum atomic E-state index is 1.01. The van der Waals surface area contributed by atoms with Crippen molar-refractivity contribution in [3.05, 3.63) is 155 Å². The molecule has 6 rings (SSSR count). The Morgan fingerprint density at radius 1 is 0.694 bits per heavy atom. The molecule has 0 aromatic heterocycles. The van der Waals surface area contributed by atoms with Crippen LogP contribution in [0.1, 0.15) is 39.8 Å². The zero-order valence-electron chi connectivity index (χ0n) is 21.9. The number of hydrogen-bond acceptors (Lipinski definition) is 0. The fourth-order valence-corrected chi connectivity index (χ4v) is 3.65. The predicted molar refractivity (Wildman–Crippen MR) is 153 cm³/mol. The van der Waals surface area contributed by atoms with E-state index in [1.165, 1.54) is 44.5 Å². The summed E-state index contributed by atoms with van der Waals surface area (Å²) in [5.74, 6) is 0. The van der Waals surface area contributed by atoms with Crippen molar-refractivity contribution in [1.82, 2.24) is 0 Å².